The summed E-state index contributed by atoms with van der Waals surface area (Å²) in [6, 6.07) is 13.3. The maximum atomic E-state index is 14.0. The van der Waals surface area contributed by atoms with E-state index in [4.69, 9.17) is 19.4 Å². The minimum Gasteiger partial charge on any atom is -0.465 e. The van der Waals surface area contributed by atoms with Gasteiger partial charge in [0.2, 0.25) is 11.8 Å². The highest BCUT2D eigenvalue weighted by molar-refractivity contribution is 5.87. The third kappa shape index (κ3) is 9.34. The van der Waals surface area contributed by atoms with Crippen molar-refractivity contribution >= 4 is 24.0 Å². The van der Waals surface area contributed by atoms with Crippen molar-refractivity contribution in [2.24, 2.45) is 11.8 Å². The molecule has 16 nitrogen and oxygen atoms in total. The summed E-state index contributed by atoms with van der Waals surface area (Å²) in [6.07, 6.45) is 6.76. The van der Waals surface area contributed by atoms with Gasteiger partial charge in [-0.2, -0.15) is 0 Å². The van der Waals surface area contributed by atoms with Crippen LogP contribution in [0, 0.1) is 23.7 Å². The molecule has 8 rings (SSSR count). The number of carbonyl (C=O) groups is 4. The number of ether oxygens (including phenoxy) is 2. The lowest BCUT2D eigenvalue weighted by Crippen LogP contribution is -2.54. The van der Waals surface area contributed by atoms with Gasteiger partial charge < -0.3 is 50.1 Å². The zero-order valence-corrected chi connectivity index (χ0v) is 35.0. The first-order valence-electron chi connectivity index (χ1n) is 21.7. The lowest BCUT2D eigenvalue weighted by Gasteiger charge is -2.35. The fourth-order valence-corrected chi connectivity index (χ4v) is 9.60. The van der Waals surface area contributed by atoms with Gasteiger partial charge in [-0.05, 0) is 101 Å². The lowest BCUT2D eigenvalue weighted by atomic mass is 9.90. The van der Waals surface area contributed by atoms with Crippen LogP contribution in [0.1, 0.15) is 100 Å². The molecule has 4 aliphatic heterocycles. The van der Waals surface area contributed by atoms with E-state index in [0.717, 1.165) is 59.3 Å². The van der Waals surface area contributed by atoms with E-state index in [0.29, 0.717) is 63.8 Å². The zero-order valence-electron chi connectivity index (χ0n) is 35.0. The van der Waals surface area contributed by atoms with E-state index in [2.05, 4.69) is 32.4 Å². The van der Waals surface area contributed by atoms with Crippen molar-refractivity contribution in [1.82, 2.24) is 40.4 Å². The molecule has 6 atom stereocenters. The molecule has 0 unspecified atom stereocenters. The number of aromatic nitrogens is 4. The molecule has 16 heteroatoms. The molecule has 2 aromatic heterocycles. The summed E-state index contributed by atoms with van der Waals surface area (Å²) in [5, 5.41) is 24.2. The Bertz CT molecular complexity index is 2130. The van der Waals surface area contributed by atoms with E-state index in [1.807, 2.05) is 74.8 Å². The predicted octanol–water partition coefficient (Wildman–Crippen LogP) is 6.10. The van der Waals surface area contributed by atoms with E-state index in [1.165, 1.54) is 0 Å². The van der Waals surface area contributed by atoms with Gasteiger partial charge in [0.1, 0.15) is 23.7 Å². The van der Waals surface area contributed by atoms with E-state index in [1.54, 1.807) is 9.80 Å². The average Bonchev–Trinajstić information content (AvgIpc) is 4.12. The molecule has 0 spiro atoms. The lowest BCUT2D eigenvalue weighted by molar-refractivity contribution is -0.139. The van der Waals surface area contributed by atoms with E-state index in [-0.39, 0.29) is 47.8 Å². The number of carboxylic acid groups (broad SMARTS) is 2. The van der Waals surface area contributed by atoms with Crippen molar-refractivity contribution in [1.29, 1.82) is 0 Å². The van der Waals surface area contributed by atoms with Gasteiger partial charge >= 0.3 is 12.2 Å². The number of amides is 4. The molecule has 4 aliphatic rings. The number of hydrogen-bond acceptors (Lipinski definition) is 8. The molecule has 0 radical (unpaired) electrons. The number of likely N-dealkylation sites (tertiary alicyclic amines) is 2. The summed E-state index contributed by atoms with van der Waals surface area (Å²) < 4.78 is 10.9. The first-order valence-corrected chi connectivity index (χ1v) is 21.7. The van der Waals surface area contributed by atoms with Crippen LogP contribution in [0.5, 0.6) is 0 Å². The topological polar surface area (TPSA) is 215 Å². The number of H-pyrrole nitrogens is 2. The van der Waals surface area contributed by atoms with Crippen molar-refractivity contribution < 1.29 is 38.9 Å². The molecule has 6 heterocycles. The van der Waals surface area contributed by atoms with Gasteiger partial charge in [0.25, 0.3) is 0 Å². The van der Waals surface area contributed by atoms with E-state index in [9.17, 15) is 29.4 Å². The van der Waals surface area contributed by atoms with Gasteiger partial charge in [-0.25, -0.2) is 19.6 Å². The Morgan fingerprint density at radius 2 is 0.984 bits per heavy atom. The highest BCUT2D eigenvalue weighted by atomic mass is 16.5. The number of nitrogens with zero attached hydrogens (tertiary/aromatic N) is 4. The summed E-state index contributed by atoms with van der Waals surface area (Å²) in [6.45, 7) is 6.02. The van der Waals surface area contributed by atoms with Crippen LogP contribution >= 0.6 is 0 Å². The average molecular weight is 847 g/mol. The minimum atomic E-state index is -1.21. The molecule has 62 heavy (non-hydrogen) atoms. The standard InChI is InChI=1S/C46H54N8O8/c1-27-3-15-37(53(27)43(55)39(51-45(57)58)33-17-21-61-22-18-33)41-47-25-35(49-41)31-11-7-29(8-12-31)5-6-30-9-13-32(14-10-30)36-26-48-42(50-36)38-16-4-28(2)54(38)44(56)40(52-46(59)60)34-19-23-62-24-20-34/h7-14,25-28,33-34,37-40,51-52H,3-4,15-24H2,1-2H3,(H,47,49)(H,48,50)(H,57,58)(H,59,60)/t27-,28-,37-,38-,39-,40-/m0/s1. The van der Waals surface area contributed by atoms with Gasteiger partial charge in [-0.1, -0.05) is 36.1 Å². The smallest absolute Gasteiger partial charge is 0.405 e. The molecule has 4 fully saturated rings. The van der Waals surface area contributed by atoms with Crippen molar-refractivity contribution in [2.45, 2.75) is 101 Å². The number of hydrogen-bond donors (Lipinski definition) is 6. The summed E-state index contributed by atoms with van der Waals surface area (Å²) in [4.78, 5) is 71.4. The minimum absolute atomic E-state index is 0.0605. The Morgan fingerprint density at radius 1 is 0.613 bits per heavy atom. The van der Waals surface area contributed by atoms with Crippen LogP contribution in [-0.2, 0) is 19.1 Å². The van der Waals surface area contributed by atoms with Crippen molar-refractivity contribution in [3.63, 3.8) is 0 Å². The monoisotopic (exact) mass is 846 g/mol. The molecule has 4 saturated heterocycles. The third-order valence-electron chi connectivity index (χ3n) is 12.9. The van der Waals surface area contributed by atoms with Gasteiger partial charge in [-0.3, -0.25) is 9.59 Å². The van der Waals surface area contributed by atoms with Crippen LogP contribution in [0.15, 0.2) is 60.9 Å². The molecular weight excluding hydrogens is 793 g/mol. The Kier molecular flexibility index (Phi) is 12.9. The second-order valence-corrected chi connectivity index (χ2v) is 16.9. The third-order valence-corrected chi connectivity index (χ3v) is 12.9. The molecule has 4 aromatic rings. The SMILES string of the molecule is C[C@H]1CC[C@@H](c2nc(-c3ccc(C#Cc4ccc(-c5c[nH]c([C@@H]6CC[C@H](C)N6C(=O)[C@@H](NC(=O)O)C6CCOCC6)n5)cc4)cc3)c[nH]2)N1C(=O)[C@@H](NC(=O)O)C1CCOCC1. The normalized spacial score (nSPS) is 23.0. The maximum absolute atomic E-state index is 14.0. The first-order chi connectivity index (χ1) is 30.0. The van der Waals surface area contributed by atoms with Crippen LogP contribution in [0.2, 0.25) is 0 Å². The summed E-state index contributed by atoms with van der Waals surface area (Å²) in [5.41, 5.74) is 4.94. The first kappa shape index (κ1) is 42.5. The quantitative estimate of drug-likeness (QED) is 0.101. The van der Waals surface area contributed by atoms with Crippen LogP contribution in [0.25, 0.3) is 22.5 Å². The van der Waals surface area contributed by atoms with Crippen LogP contribution in [-0.4, -0.2) is 115 Å². The molecule has 4 amide bonds. The second kappa shape index (κ2) is 18.8. The Morgan fingerprint density at radius 3 is 1.34 bits per heavy atom. The van der Waals surface area contributed by atoms with E-state index >= 15 is 0 Å². The number of rotatable bonds is 10. The number of imidazole rings is 2. The van der Waals surface area contributed by atoms with Crippen LogP contribution in [0.3, 0.4) is 0 Å². The molecule has 2 aromatic carbocycles. The van der Waals surface area contributed by atoms with Crippen LogP contribution in [0.4, 0.5) is 9.59 Å². The maximum Gasteiger partial charge on any atom is 0.405 e. The Hall–Kier alpha value is -6.18. The highest BCUT2D eigenvalue weighted by Crippen LogP contribution is 2.39. The Labute approximate surface area is 360 Å². The van der Waals surface area contributed by atoms with Gasteiger partial charge in [0, 0.05) is 73.2 Å². The molecule has 0 bridgehead atoms. The van der Waals surface area contributed by atoms with Crippen molar-refractivity contribution in [2.75, 3.05) is 26.4 Å². The summed E-state index contributed by atoms with van der Waals surface area (Å²) in [7, 11) is 0. The highest BCUT2D eigenvalue weighted by Gasteiger charge is 2.44. The van der Waals surface area contributed by atoms with E-state index < -0.39 is 24.3 Å². The number of nitrogens with one attached hydrogen (secondary N) is 4. The Balaban J connectivity index is 0.904. The number of aromatic amines is 2. The van der Waals surface area contributed by atoms with Crippen LogP contribution < -0.4 is 10.6 Å². The zero-order chi connectivity index (χ0) is 43.3. The largest absolute Gasteiger partial charge is 0.465 e. The number of carbonyl (C=O) groups excluding carboxylic acids is 2. The predicted molar refractivity (Wildman–Crippen MR) is 228 cm³/mol. The van der Waals surface area contributed by atoms with Gasteiger partial charge in [-0.15, -0.1) is 0 Å². The molecule has 0 aliphatic carbocycles. The molecule has 326 valence electrons. The van der Waals surface area contributed by atoms with Crippen molar-refractivity contribution in [3.8, 4) is 34.4 Å². The second-order valence-electron chi connectivity index (χ2n) is 16.9. The fourth-order valence-electron chi connectivity index (χ4n) is 9.60. The molecule has 6 N–H and O–H groups in total. The van der Waals surface area contributed by atoms with Gasteiger partial charge in [0.15, 0.2) is 0 Å². The van der Waals surface area contributed by atoms with Gasteiger partial charge in [0.05, 0.1) is 23.5 Å². The fraction of sp³-hybridized carbons (Fsp3) is 0.478. The summed E-state index contributed by atoms with van der Waals surface area (Å²) in [5.74, 6) is 7.14. The van der Waals surface area contributed by atoms with Crippen molar-refractivity contribution in [3.05, 3.63) is 83.7 Å². The molecule has 0 saturated carbocycles. The molecular formula is C46H54N8O8. The summed E-state index contributed by atoms with van der Waals surface area (Å²) >= 11 is 0. The number of benzene rings is 2.